The number of ether oxygens (including phenoxy) is 4. The Morgan fingerprint density at radius 2 is 1.00 bits per heavy atom. The smallest absolute Gasteiger partial charge is 0.220 e. The standard InChI is InChI=1S/C48H91NO13/c1-3-5-7-9-11-13-15-17-18-20-21-23-25-27-29-31-37(52)36(49-40(53)32-30-28-26-24-22-19-16-14-12-10-8-6-4-2)35-59-47-45(58)43(56)46(39(34-51)61-47)62-48-44(57)42(55)41(54)38(33-50)60-48/h29,31,36-39,41-48,50-52,54-58H,3-28,30,32-35H2,1-2H3,(H,49,53)/b31-29+. The summed E-state index contributed by atoms with van der Waals surface area (Å²) in [6.07, 6.45) is 19.6. The van der Waals surface area contributed by atoms with Crippen molar-refractivity contribution in [2.24, 2.45) is 0 Å². The molecule has 0 bridgehead atoms. The normalized spacial score (nSPS) is 27.8. The highest BCUT2D eigenvalue weighted by Gasteiger charge is 2.51. The molecule has 0 aliphatic carbocycles. The summed E-state index contributed by atoms with van der Waals surface area (Å²) >= 11 is 0. The number of amides is 1. The molecule has 0 spiro atoms. The quantitative estimate of drug-likeness (QED) is 0.0257. The maximum atomic E-state index is 13.1. The van der Waals surface area contributed by atoms with E-state index in [9.17, 15) is 45.6 Å². The molecule has 1 amide bonds. The van der Waals surface area contributed by atoms with Gasteiger partial charge in [0.05, 0.1) is 32.0 Å². The SMILES string of the molecule is CCCCCCCCCCCCCCC/C=C/C(O)C(COC1OC(CO)C(OC2OC(CO)C(O)C(O)C2O)C(O)C1O)NC(=O)CCCCCCCCCCCCCCC. The highest BCUT2D eigenvalue weighted by molar-refractivity contribution is 5.76. The Labute approximate surface area is 374 Å². The number of hydrogen-bond donors (Lipinski definition) is 9. The first-order valence-corrected chi connectivity index (χ1v) is 24.9. The molecule has 0 saturated carbocycles. The lowest BCUT2D eigenvalue weighted by Gasteiger charge is -2.46. The lowest BCUT2D eigenvalue weighted by atomic mass is 9.97. The molecule has 2 fully saturated rings. The highest BCUT2D eigenvalue weighted by atomic mass is 16.7. The van der Waals surface area contributed by atoms with Gasteiger partial charge in [-0.25, -0.2) is 0 Å². The maximum Gasteiger partial charge on any atom is 0.220 e. The number of rotatable bonds is 38. The molecule has 12 atom stereocenters. The molecule has 0 radical (unpaired) electrons. The van der Waals surface area contributed by atoms with Crippen molar-refractivity contribution in [1.29, 1.82) is 0 Å². The molecule has 14 nitrogen and oxygen atoms in total. The average molecular weight is 890 g/mol. The molecule has 366 valence electrons. The van der Waals surface area contributed by atoms with Crippen molar-refractivity contribution in [2.45, 2.75) is 267 Å². The third-order valence-electron chi connectivity index (χ3n) is 12.5. The van der Waals surface area contributed by atoms with E-state index in [0.29, 0.717) is 6.42 Å². The zero-order valence-electron chi connectivity index (χ0n) is 38.6. The summed E-state index contributed by atoms with van der Waals surface area (Å²) in [6.45, 7) is 2.78. The summed E-state index contributed by atoms with van der Waals surface area (Å²) in [7, 11) is 0. The number of carbonyl (C=O) groups is 1. The fourth-order valence-corrected chi connectivity index (χ4v) is 8.35. The van der Waals surface area contributed by atoms with Crippen LogP contribution >= 0.6 is 0 Å². The van der Waals surface area contributed by atoms with Gasteiger partial charge < -0.3 is 65.1 Å². The van der Waals surface area contributed by atoms with Gasteiger partial charge in [-0.05, 0) is 19.3 Å². The van der Waals surface area contributed by atoms with Gasteiger partial charge in [0.1, 0.15) is 48.8 Å². The number of aliphatic hydroxyl groups is 8. The van der Waals surface area contributed by atoms with Crippen LogP contribution in [-0.4, -0.2) is 140 Å². The Hall–Kier alpha value is -1.27. The van der Waals surface area contributed by atoms with Crippen molar-refractivity contribution in [3.8, 4) is 0 Å². The van der Waals surface area contributed by atoms with Crippen LogP contribution in [0.1, 0.15) is 194 Å². The second kappa shape index (κ2) is 35.9. The molecule has 0 aromatic carbocycles. The Balaban J connectivity index is 1.87. The Morgan fingerprint density at radius 1 is 0.565 bits per heavy atom. The molecule has 9 N–H and O–H groups in total. The van der Waals surface area contributed by atoms with Gasteiger partial charge in [-0.2, -0.15) is 0 Å². The first-order chi connectivity index (χ1) is 30.1. The van der Waals surface area contributed by atoms with Crippen molar-refractivity contribution in [3.05, 3.63) is 12.2 Å². The molecule has 12 unspecified atom stereocenters. The lowest BCUT2D eigenvalue weighted by Crippen LogP contribution is -2.65. The highest BCUT2D eigenvalue weighted by Crippen LogP contribution is 2.30. The minimum atomic E-state index is -1.78. The number of unbranched alkanes of at least 4 members (excludes halogenated alkanes) is 25. The Kier molecular flexibility index (Phi) is 32.9. The summed E-state index contributed by atoms with van der Waals surface area (Å²) in [5.41, 5.74) is 0. The van der Waals surface area contributed by atoms with Gasteiger partial charge in [0.15, 0.2) is 12.6 Å². The number of nitrogens with one attached hydrogen (secondary N) is 1. The second-order valence-corrected chi connectivity index (χ2v) is 18.0. The molecule has 0 aromatic heterocycles. The van der Waals surface area contributed by atoms with E-state index in [-0.39, 0.29) is 18.9 Å². The molecule has 14 heteroatoms. The van der Waals surface area contributed by atoms with E-state index in [1.807, 2.05) is 6.08 Å². The van der Waals surface area contributed by atoms with Crippen LogP contribution in [0.4, 0.5) is 0 Å². The fraction of sp³-hybridized carbons (Fsp3) is 0.938. The number of carbonyl (C=O) groups excluding carboxylic acids is 1. The van der Waals surface area contributed by atoms with Crippen LogP contribution in [0.25, 0.3) is 0 Å². The third kappa shape index (κ3) is 23.3. The summed E-state index contributed by atoms with van der Waals surface area (Å²) < 4.78 is 22.7. The summed E-state index contributed by atoms with van der Waals surface area (Å²) in [5.74, 6) is -0.239. The molecule has 2 rings (SSSR count). The van der Waals surface area contributed by atoms with Crippen molar-refractivity contribution in [1.82, 2.24) is 5.32 Å². The van der Waals surface area contributed by atoms with Crippen LogP contribution in [0.3, 0.4) is 0 Å². The van der Waals surface area contributed by atoms with Crippen LogP contribution in [0.2, 0.25) is 0 Å². The van der Waals surface area contributed by atoms with Crippen molar-refractivity contribution >= 4 is 5.91 Å². The third-order valence-corrected chi connectivity index (χ3v) is 12.5. The van der Waals surface area contributed by atoms with Crippen LogP contribution in [0.5, 0.6) is 0 Å². The molecule has 0 aromatic rings. The molecule has 62 heavy (non-hydrogen) atoms. The van der Waals surface area contributed by atoms with Crippen LogP contribution in [0, 0.1) is 0 Å². The van der Waals surface area contributed by atoms with E-state index in [1.165, 1.54) is 128 Å². The monoisotopic (exact) mass is 890 g/mol. The number of hydrogen-bond acceptors (Lipinski definition) is 13. The van der Waals surface area contributed by atoms with E-state index in [1.54, 1.807) is 6.08 Å². The molecule has 2 heterocycles. The predicted molar refractivity (Wildman–Crippen MR) is 240 cm³/mol. The van der Waals surface area contributed by atoms with E-state index in [2.05, 4.69) is 19.2 Å². The molecular weight excluding hydrogens is 799 g/mol. The van der Waals surface area contributed by atoms with Gasteiger partial charge >= 0.3 is 0 Å². The Morgan fingerprint density at radius 3 is 1.48 bits per heavy atom. The first kappa shape index (κ1) is 56.9. The van der Waals surface area contributed by atoms with E-state index < -0.39 is 86.8 Å². The molecular formula is C48H91NO13. The predicted octanol–water partition coefficient (Wildman–Crippen LogP) is 5.99. The van der Waals surface area contributed by atoms with Gasteiger partial charge in [-0.15, -0.1) is 0 Å². The maximum absolute atomic E-state index is 13.1. The van der Waals surface area contributed by atoms with Crippen LogP contribution in [-0.2, 0) is 23.7 Å². The van der Waals surface area contributed by atoms with Crippen molar-refractivity contribution < 1.29 is 64.6 Å². The van der Waals surface area contributed by atoms with Gasteiger partial charge in [-0.1, -0.05) is 180 Å². The van der Waals surface area contributed by atoms with Gasteiger partial charge in [0, 0.05) is 6.42 Å². The molecule has 2 aliphatic heterocycles. The van der Waals surface area contributed by atoms with Gasteiger partial charge in [-0.3, -0.25) is 4.79 Å². The minimum Gasteiger partial charge on any atom is -0.394 e. The summed E-state index contributed by atoms with van der Waals surface area (Å²) in [4.78, 5) is 13.1. The van der Waals surface area contributed by atoms with Crippen LogP contribution < -0.4 is 5.32 Å². The van der Waals surface area contributed by atoms with E-state index in [0.717, 1.165) is 38.5 Å². The summed E-state index contributed by atoms with van der Waals surface area (Å²) in [5, 5.41) is 86.6. The molecule has 2 saturated heterocycles. The topological polar surface area (TPSA) is 228 Å². The molecule has 2 aliphatic rings. The Bertz CT molecular complexity index is 1100. The van der Waals surface area contributed by atoms with Gasteiger partial charge in [0.25, 0.3) is 0 Å². The largest absolute Gasteiger partial charge is 0.394 e. The van der Waals surface area contributed by atoms with Crippen LogP contribution in [0.15, 0.2) is 12.2 Å². The zero-order chi connectivity index (χ0) is 45.4. The fourth-order valence-electron chi connectivity index (χ4n) is 8.35. The second-order valence-electron chi connectivity index (χ2n) is 18.0. The van der Waals surface area contributed by atoms with E-state index >= 15 is 0 Å². The van der Waals surface area contributed by atoms with Crippen molar-refractivity contribution in [2.75, 3.05) is 19.8 Å². The lowest BCUT2D eigenvalue weighted by molar-refractivity contribution is -0.359. The van der Waals surface area contributed by atoms with E-state index in [4.69, 9.17) is 18.9 Å². The zero-order valence-corrected chi connectivity index (χ0v) is 38.6. The number of aliphatic hydroxyl groups excluding tert-OH is 8. The van der Waals surface area contributed by atoms with Gasteiger partial charge in [0.2, 0.25) is 5.91 Å². The first-order valence-electron chi connectivity index (χ1n) is 24.9. The minimum absolute atomic E-state index is 0.239. The van der Waals surface area contributed by atoms with Crippen molar-refractivity contribution in [3.63, 3.8) is 0 Å². The summed E-state index contributed by atoms with van der Waals surface area (Å²) in [6, 6.07) is -0.907. The average Bonchev–Trinajstić information content (AvgIpc) is 3.27. The number of allylic oxidation sites excluding steroid dienone is 1.